The molecule has 0 fully saturated rings. The molecule has 0 unspecified atom stereocenters. The van der Waals surface area contributed by atoms with Crippen LogP contribution in [0.2, 0.25) is 5.02 Å². The van der Waals surface area contributed by atoms with Crippen LogP contribution in [0, 0.1) is 0 Å². The van der Waals surface area contributed by atoms with Crippen LogP contribution in [0.1, 0.15) is 0 Å². The topological polar surface area (TPSA) is 78.8 Å². The van der Waals surface area contributed by atoms with Gasteiger partial charge in [0.1, 0.15) is 0 Å². The van der Waals surface area contributed by atoms with Crippen molar-refractivity contribution in [1.82, 2.24) is 24.8 Å². The lowest BCUT2D eigenvalue weighted by Crippen LogP contribution is -2.17. The van der Waals surface area contributed by atoms with Gasteiger partial charge in [0.25, 0.3) is 5.56 Å². The van der Waals surface area contributed by atoms with Gasteiger partial charge in [0.15, 0.2) is 5.65 Å². The van der Waals surface area contributed by atoms with Crippen molar-refractivity contribution in [2.75, 3.05) is 0 Å². The van der Waals surface area contributed by atoms with Crippen LogP contribution in [0.15, 0.2) is 53.7 Å². The third kappa shape index (κ3) is 1.85. The number of halogens is 1. The molecule has 0 aliphatic heterocycles. The van der Waals surface area contributed by atoms with Gasteiger partial charge in [-0.25, -0.2) is 9.50 Å². The van der Waals surface area contributed by atoms with Gasteiger partial charge in [-0.1, -0.05) is 29.8 Å². The summed E-state index contributed by atoms with van der Waals surface area (Å²) < 4.78 is 1.40. The number of nitrogens with one attached hydrogen (secondary N) is 2. The van der Waals surface area contributed by atoms with Crippen molar-refractivity contribution >= 4 is 17.2 Å². The Morgan fingerprint density at radius 2 is 1.95 bits per heavy atom. The summed E-state index contributed by atoms with van der Waals surface area (Å²) in [4.78, 5) is 17.0. The number of H-pyrrole nitrogens is 2. The molecule has 6 nitrogen and oxygen atoms in total. The summed E-state index contributed by atoms with van der Waals surface area (Å²) >= 11 is 6.23. The normalized spacial score (nSPS) is 11.1. The Morgan fingerprint density at radius 3 is 2.73 bits per heavy atom. The minimum atomic E-state index is -0.201. The minimum absolute atomic E-state index is 0.201. The van der Waals surface area contributed by atoms with Crippen LogP contribution in [0.4, 0.5) is 0 Å². The van der Waals surface area contributed by atoms with Crippen LogP contribution in [0.3, 0.4) is 0 Å². The van der Waals surface area contributed by atoms with Crippen LogP contribution >= 0.6 is 11.6 Å². The van der Waals surface area contributed by atoms with Gasteiger partial charge >= 0.3 is 0 Å². The lowest BCUT2D eigenvalue weighted by atomic mass is 10.1. The van der Waals surface area contributed by atoms with Crippen molar-refractivity contribution in [2.24, 2.45) is 0 Å². The summed E-state index contributed by atoms with van der Waals surface area (Å²) in [5.41, 5.74) is 3.00. The molecule has 4 rings (SSSR count). The Balaban J connectivity index is 1.97. The maximum absolute atomic E-state index is 12.6. The quantitative estimate of drug-likeness (QED) is 0.597. The predicted octanol–water partition coefficient (Wildman–Crippen LogP) is 2.73. The number of hydrogen-bond donors (Lipinski definition) is 2. The number of aromatic nitrogens is 5. The molecular formula is C15H10ClN5O. The molecule has 0 radical (unpaired) electrons. The molecule has 0 bridgehead atoms. The van der Waals surface area contributed by atoms with Crippen molar-refractivity contribution < 1.29 is 0 Å². The Hall–Kier alpha value is -2.86. The van der Waals surface area contributed by atoms with Crippen LogP contribution < -0.4 is 5.56 Å². The standard InChI is InChI=1S/C15H10ClN5O/c16-12-4-2-1-3-9(12)10-8-19-21-14(10)17-7-11(15(21)22)13-5-6-18-20-13/h1-8,19H,(H,18,20). The molecule has 0 saturated heterocycles. The van der Waals surface area contributed by atoms with Crippen LogP contribution in [-0.2, 0) is 0 Å². The molecule has 4 aromatic rings. The third-order valence-corrected chi connectivity index (χ3v) is 3.82. The summed E-state index contributed by atoms with van der Waals surface area (Å²) in [6.45, 7) is 0. The number of hydrogen-bond acceptors (Lipinski definition) is 3. The summed E-state index contributed by atoms with van der Waals surface area (Å²) in [5.74, 6) is 0. The SMILES string of the molecule is O=c1c(-c2ccn[nH]2)cnc2c(-c3ccccc3Cl)c[nH]n12. The Kier molecular flexibility index (Phi) is 2.83. The highest BCUT2D eigenvalue weighted by atomic mass is 35.5. The largest absolute Gasteiger partial charge is 0.296 e. The molecule has 0 saturated carbocycles. The Labute approximate surface area is 129 Å². The highest BCUT2D eigenvalue weighted by Crippen LogP contribution is 2.29. The maximum Gasteiger partial charge on any atom is 0.282 e. The zero-order chi connectivity index (χ0) is 15.1. The molecule has 1 aromatic carbocycles. The van der Waals surface area contributed by atoms with E-state index in [1.807, 2.05) is 18.2 Å². The van der Waals surface area contributed by atoms with E-state index in [-0.39, 0.29) is 5.56 Å². The minimum Gasteiger partial charge on any atom is -0.296 e. The van der Waals surface area contributed by atoms with Gasteiger partial charge in [0.2, 0.25) is 0 Å². The fraction of sp³-hybridized carbons (Fsp3) is 0. The zero-order valence-corrected chi connectivity index (χ0v) is 12.0. The highest BCUT2D eigenvalue weighted by molar-refractivity contribution is 6.33. The number of rotatable bonds is 2. The molecule has 2 N–H and O–H groups in total. The second-order valence-electron chi connectivity index (χ2n) is 4.77. The number of aromatic amines is 2. The summed E-state index contributed by atoms with van der Waals surface area (Å²) in [7, 11) is 0. The van der Waals surface area contributed by atoms with Crippen molar-refractivity contribution in [2.45, 2.75) is 0 Å². The van der Waals surface area contributed by atoms with Crippen molar-refractivity contribution in [1.29, 1.82) is 0 Å². The highest BCUT2D eigenvalue weighted by Gasteiger charge is 2.14. The van der Waals surface area contributed by atoms with Crippen LogP contribution in [0.25, 0.3) is 28.0 Å². The molecule has 3 heterocycles. The van der Waals surface area contributed by atoms with E-state index in [1.165, 1.54) is 4.52 Å². The lowest BCUT2D eigenvalue weighted by Gasteiger charge is -2.02. The van der Waals surface area contributed by atoms with Crippen LogP contribution in [0.5, 0.6) is 0 Å². The molecule has 0 aliphatic rings. The van der Waals surface area contributed by atoms with E-state index >= 15 is 0 Å². The fourth-order valence-corrected chi connectivity index (χ4v) is 2.66. The molecule has 0 aliphatic carbocycles. The fourth-order valence-electron chi connectivity index (χ4n) is 2.43. The van der Waals surface area contributed by atoms with Gasteiger partial charge in [0.05, 0.1) is 11.3 Å². The van der Waals surface area contributed by atoms with Crippen LogP contribution in [-0.4, -0.2) is 24.8 Å². The molecular weight excluding hydrogens is 302 g/mol. The van der Waals surface area contributed by atoms with E-state index in [1.54, 1.807) is 30.7 Å². The number of benzene rings is 1. The van der Waals surface area contributed by atoms with E-state index in [9.17, 15) is 4.79 Å². The first kappa shape index (κ1) is 12.8. The van der Waals surface area contributed by atoms with Crippen molar-refractivity contribution in [3.8, 4) is 22.4 Å². The average Bonchev–Trinajstić information content (AvgIpc) is 3.18. The van der Waals surface area contributed by atoms with Gasteiger partial charge in [-0.15, -0.1) is 0 Å². The van der Waals surface area contributed by atoms with Gasteiger partial charge in [-0.2, -0.15) is 5.10 Å². The van der Waals surface area contributed by atoms with E-state index in [4.69, 9.17) is 11.6 Å². The molecule has 0 spiro atoms. The molecule has 22 heavy (non-hydrogen) atoms. The monoisotopic (exact) mass is 311 g/mol. The van der Waals surface area contributed by atoms with Gasteiger partial charge < -0.3 is 0 Å². The number of fused-ring (bicyclic) bond motifs is 1. The third-order valence-electron chi connectivity index (χ3n) is 3.50. The smallest absolute Gasteiger partial charge is 0.282 e. The van der Waals surface area contributed by atoms with Crippen molar-refractivity contribution in [3.63, 3.8) is 0 Å². The summed E-state index contributed by atoms with van der Waals surface area (Å²) in [6.07, 6.45) is 4.86. The van der Waals surface area contributed by atoms with E-state index in [2.05, 4.69) is 20.3 Å². The molecule has 3 aromatic heterocycles. The Bertz CT molecular complexity index is 1020. The first-order valence-electron chi connectivity index (χ1n) is 6.59. The second kappa shape index (κ2) is 4.85. The van der Waals surface area contributed by atoms with E-state index < -0.39 is 0 Å². The van der Waals surface area contributed by atoms with Gasteiger partial charge in [-0.05, 0) is 12.1 Å². The van der Waals surface area contributed by atoms with Gasteiger partial charge in [-0.3, -0.25) is 15.0 Å². The number of nitrogens with zero attached hydrogens (tertiary/aromatic N) is 3. The lowest BCUT2D eigenvalue weighted by molar-refractivity contribution is 0.899. The summed E-state index contributed by atoms with van der Waals surface area (Å²) in [5, 5.41) is 10.2. The summed E-state index contributed by atoms with van der Waals surface area (Å²) in [6, 6.07) is 9.17. The first-order valence-corrected chi connectivity index (χ1v) is 6.97. The molecule has 108 valence electrons. The van der Waals surface area contributed by atoms with Crippen molar-refractivity contribution in [3.05, 3.63) is 64.3 Å². The zero-order valence-electron chi connectivity index (χ0n) is 11.2. The van der Waals surface area contributed by atoms with Gasteiger partial charge in [0, 0.05) is 34.7 Å². The van der Waals surface area contributed by atoms with E-state index in [0.29, 0.717) is 21.9 Å². The average molecular weight is 312 g/mol. The second-order valence-corrected chi connectivity index (χ2v) is 5.18. The molecule has 7 heteroatoms. The van der Waals surface area contributed by atoms with E-state index in [0.717, 1.165) is 11.1 Å². The molecule has 0 atom stereocenters. The predicted molar refractivity (Wildman–Crippen MR) is 83.8 cm³/mol. The first-order chi connectivity index (χ1) is 10.8. The maximum atomic E-state index is 12.6. The molecule has 0 amide bonds. The Morgan fingerprint density at radius 1 is 1.09 bits per heavy atom.